The predicted molar refractivity (Wildman–Crippen MR) is 87.7 cm³/mol. The minimum Gasteiger partial charge on any atom is -0.469 e. The van der Waals surface area contributed by atoms with E-state index in [0.29, 0.717) is 25.4 Å². The Kier molecular flexibility index (Phi) is 8.66. The van der Waals surface area contributed by atoms with Gasteiger partial charge >= 0.3 is 5.97 Å². The van der Waals surface area contributed by atoms with Crippen LogP contribution in [-0.2, 0) is 19.1 Å². The van der Waals surface area contributed by atoms with Crippen LogP contribution in [0.1, 0.15) is 58.8 Å². The van der Waals surface area contributed by atoms with Gasteiger partial charge < -0.3 is 15.0 Å². The second-order valence-corrected chi connectivity index (χ2v) is 6.24. The van der Waals surface area contributed by atoms with Crippen molar-refractivity contribution in [3.8, 4) is 0 Å². The number of nitrogens with zero attached hydrogens (tertiary/aromatic N) is 1. The molecule has 1 saturated carbocycles. The highest BCUT2D eigenvalue weighted by Crippen LogP contribution is 2.26. The number of hydrogen-bond donors (Lipinski definition) is 1. The van der Waals surface area contributed by atoms with E-state index in [2.05, 4.69) is 10.1 Å². The third-order valence-corrected chi connectivity index (χ3v) is 4.45. The Labute approximate surface area is 138 Å². The van der Waals surface area contributed by atoms with E-state index in [1.165, 1.54) is 26.4 Å². The minimum atomic E-state index is -0.566. The Morgan fingerprint density at radius 3 is 2.43 bits per heavy atom. The summed E-state index contributed by atoms with van der Waals surface area (Å²) in [7, 11) is 1.33. The molecule has 6 heteroatoms. The third-order valence-electron chi connectivity index (χ3n) is 4.45. The molecule has 0 unspecified atom stereocenters. The van der Waals surface area contributed by atoms with Gasteiger partial charge in [-0.15, -0.1) is 0 Å². The van der Waals surface area contributed by atoms with Crippen LogP contribution in [0.2, 0.25) is 0 Å². The van der Waals surface area contributed by atoms with Gasteiger partial charge in [-0.2, -0.15) is 0 Å². The van der Waals surface area contributed by atoms with E-state index in [4.69, 9.17) is 0 Å². The van der Waals surface area contributed by atoms with Crippen LogP contribution >= 0.6 is 0 Å². The summed E-state index contributed by atoms with van der Waals surface area (Å²) in [5.74, 6) is -0.104. The van der Waals surface area contributed by atoms with Crippen LogP contribution in [0.25, 0.3) is 0 Å². The summed E-state index contributed by atoms with van der Waals surface area (Å²) in [5, 5.41) is 2.80. The van der Waals surface area contributed by atoms with E-state index < -0.39 is 6.04 Å². The average Bonchev–Trinajstić information content (AvgIpc) is 2.55. The van der Waals surface area contributed by atoms with Gasteiger partial charge in [0.05, 0.1) is 13.5 Å². The number of esters is 1. The van der Waals surface area contributed by atoms with Crippen LogP contribution in [-0.4, -0.2) is 48.9 Å². The Bertz CT molecular complexity index is 405. The molecule has 6 nitrogen and oxygen atoms in total. The Balaban J connectivity index is 2.40. The van der Waals surface area contributed by atoms with Gasteiger partial charge in [-0.3, -0.25) is 14.4 Å². The van der Waals surface area contributed by atoms with Gasteiger partial charge in [0.2, 0.25) is 11.8 Å². The molecule has 0 saturated heterocycles. The van der Waals surface area contributed by atoms with Gasteiger partial charge in [-0.1, -0.05) is 19.3 Å². The van der Waals surface area contributed by atoms with Gasteiger partial charge in [0, 0.05) is 19.5 Å². The van der Waals surface area contributed by atoms with Crippen LogP contribution in [0.5, 0.6) is 0 Å². The van der Waals surface area contributed by atoms with Crippen molar-refractivity contribution in [1.82, 2.24) is 10.2 Å². The van der Waals surface area contributed by atoms with Gasteiger partial charge in [-0.05, 0) is 32.6 Å². The Morgan fingerprint density at radius 2 is 1.87 bits per heavy atom. The van der Waals surface area contributed by atoms with Crippen molar-refractivity contribution in [2.45, 2.75) is 64.8 Å². The number of ether oxygens (including phenoxy) is 1. The second kappa shape index (κ2) is 10.2. The minimum absolute atomic E-state index is 0.0539. The largest absolute Gasteiger partial charge is 0.469 e. The Hall–Kier alpha value is -1.59. The highest BCUT2D eigenvalue weighted by atomic mass is 16.5. The molecule has 1 aliphatic rings. The molecule has 0 aromatic heterocycles. The van der Waals surface area contributed by atoms with Crippen LogP contribution in [0.4, 0.5) is 0 Å². The molecule has 1 rings (SSSR count). The average molecular weight is 326 g/mol. The van der Waals surface area contributed by atoms with Gasteiger partial charge in [-0.25, -0.2) is 0 Å². The molecule has 0 aromatic rings. The number of amides is 2. The smallest absolute Gasteiger partial charge is 0.307 e. The summed E-state index contributed by atoms with van der Waals surface area (Å²) in [6.07, 6.45) is 6.54. The number of likely N-dealkylation sites (N-methyl/N-ethyl adjacent to an activating group) is 1. The molecule has 0 aliphatic heterocycles. The third kappa shape index (κ3) is 7.01. The summed E-state index contributed by atoms with van der Waals surface area (Å²) in [6.45, 7) is 4.36. The molecule has 1 fully saturated rings. The lowest BCUT2D eigenvalue weighted by atomic mass is 9.87. The van der Waals surface area contributed by atoms with E-state index >= 15 is 0 Å². The lowest BCUT2D eigenvalue weighted by Crippen LogP contribution is -2.47. The van der Waals surface area contributed by atoms with E-state index in [9.17, 15) is 14.4 Å². The molecule has 0 heterocycles. The maximum absolute atomic E-state index is 12.4. The number of carbonyl (C=O) groups is 3. The molecule has 1 aliphatic carbocycles. The fourth-order valence-electron chi connectivity index (χ4n) is 3.04. The molecule has 1 atom stereocenters. The summed E-state index contributed by atoms with van der Waals surface area (Å²) >= 11 is 0. The second-order valence-electron chi connectivity index (χ2n) is 6.24. The van der Waals surface area contributed by atoms with Gasteiger partial charge in [0.1, 0.15) is 6.04 Å². The van der Waals surface area contributed by atoms with Crippen molar-refractivity contribution in [3.63, 3.8) is 0 Å². The van der Waals surface area contributed by atoms with Crippen molar-refractivity contribution < 1.29 is 19.1 Å². The topological polar surface area (TPSA) is 75.7 Å². The van der Waals surface area contributed by atoms with E-state index in [1.54, 1.807) is 11.8 Å². The number of methoxy groups -OCH3 is 1. The highest BCUT2D eigenvalue weighted by molar-refractivity contribution is 5.87. The first-order valence-corrected chi connectivity index (χ1v) is 8.62. The summed E-state index contributed by atoms with van der Waals surface area (Å²) in [4.78, 5) is 37.2. The number of hydrogen-bond acceptors (Lipinski definition) is 4. The standard InChI is InChI=1S/C17H30N2O4/c1-4-19(11-10-16(21)23-3)17(22)13(2)18-15(20)12-14-8-6-5-7-9-14/h13-14H,4-12H2,1-3H3,(H,18,20)/t13-/m0/s1. The van der Waals surface area contributed by atoms with E-state index in [0.717, 1.165) is 12.8 Å². The van der Waals surface area contributed by atoms with Crippen LogP contribution in [0, 0.1) is 5.92 Å². The first kappa shape index (κ1) is 19.5. The molecule has 0 bridgehead atoms. The maximum atomic E-state index is 12.4. The van der Waals surface area contributed by atoms with Gasteiger partial charge in [0.25, 0.3) is 0 Å². The first-order chi connectivity index (χ1) is 11.0. The van der Waals surface area contributed by atoms with E-state index in [1.807, 2.05) is 6.92 Å². The zero-order valence-electron chi connectivity index (χ0n) is 14.6. The lowest BCUT2D eigenvalue weighted by molar-refractivity contribution is -0.142. The quantitative estimate of drug-likeness (QED) is 0.691. The predicted octanol–water partition coefficient (Wildman–Crippen LogP) is 1.87. The van der Waals surface area contributed by atoms with Crippen molar-refractivity contribution >= 4 is 17.8 Å². The van der Waals surface area contributed by atoms with Crippen molar-refractivity contribution in [3.05, 3.63) is 0 Å². The molecule has 0 aromatic carbocycles. The molecular weight excluding hydrogens is 296 g/mol. The van der Waals surface area contributed by atoms with Crippen molar-refractivity contribution in [2.24, 2.45) is 5.92 Å². The number of carbonyl (C=O) groups excluding carboxylic acids is 3. The maximum Gasteiger partial charge on any atom is 0.307 e. The zero-order valence-corrected chi connectivity index (χ0v) is 14.6. The SMILES string of the molecule is CCN(CCC(=O)OC)C(=O)[C@H](C)NC(=O)CC1CCCCC1. The monoisotopic (exact) mass is 326 g/mol. The van der Waals surface area contributed by atoms with Crippen LogP contribution in [0.3, 0.4) is 0 Å². The van der Waals surface area contributed by atoms with Crippen LogP contribution in [0.15, 0.2) is 0 Å². The molecule has 132 valence electrons. The Morgan fingerprint density at radius 1 is 1.22 bits per heavy atom. The summed E-state index contributed by atoms with van der Waals surface area (Å²) in [6, 6.07) is -0.566. The zero-order chi connectivity index (χ0) is 17.2. The first-order valence-electron chi connectivity index (χ1n) is 8.62. The molecule has 0 radical (unpaired) electrons. The fraction of sp³-hybridized carbons (Fsp3) is 0.824. The number of rotatable bonds is 8. The normalized spacial score (nSPS) is 16.5. The number of nitrogens with one attached hydrogen (secondary N) is 1. The molecule has 23 heavy (non-hydrogen) atoms. The molecule has 1 N–H and O–H groups in total. The molecule has 0 spiro atoms. The highest BCUT2D eigenvalue weighted by Gasteiger charge is 2.23. The van der Waals surface area contributed by atoms with Crippen molar-refractivity contribution in [1.29, 1.82) is 0 Å². The summed E-state index contributed by atoms with van der Waals surface area (Å²) < 4.78 is 4.59. The fourth-order valence-corrected chi connectivity index (χ4v) is 3.04. The van der Waals surface area contributed by atoms with Crippen LogP contribution < -0.4 is 5.32 Å². The van der Waals surface area contributed by atoms with Gasteiger partial charge in [0.15, 0.2) is 0 Å². The van der Waals surface area contributed by atoms with Crippen molar-refractivity contribution in [2.75, 3.05) is 20.2 Å². The molecule has 2 amide bonds. The lowest BCUT2D eigenvalue weighted by Gasteiger charge is -2.26. The molecular formula is C17H30N2O4. The summed E-state index contributed by atoms with van der Waals surface area (Å²) in [5.41, 5.74) is 0. The van der Waals surface area contributed by atoms with E-state index in [-0.39, 0.29) is 24.2 Å².